The van der Waals surface area contributed by atoms with Crippen molar-refractivity contribution in [1.29, 1.82) is 0 Å². The van der Waals surface area contributed by atoms with Crippen molar-refractivity contribution in [2.75, 3.05) is 5.32 Å². The fourth-order valence-electron chi connectivity index (χ4n) is 3.96. The van der Waals surface area contributed by atoms with E-state index >= 15 is 0 Å². The van der Waals surface area contributed by atoms with E-state index in [4.69, 9.17) is 17.3 Å². The van der Waals surface area contributed by atoms with Gasteiger partial charge >= 0.3 is 5.97 Å². The standard InChI is InChI=1S/C27H18F2N4O4S3/c28-20-6-3-15(8-21(20)29)16-7-19(39-12-16)10-23-25(35)33(27(38)40-23)22(9-18-11-30-13-31-18)24(34)32-17-4-1-14(2-5-17)26(36)37/h1-8,10-13,22H,9H2,(H,30,31)(H,32,34)(H,36,37)/b23-10-/t22-/m1/s1. The molecule has 8 nitrogen and oxygen atoms in total. The molecule has 0 bridgehead atoms. The first-order valence-electron chi connectivity index (χ1n) is 11.6. The Morgan fingerprint density at radius 3 is 2.58 bits per heavy atom. The van der Waals surface area contributed by atoms with E-state index in [-0.39, 0.29) is 16.3 Å². The SMILES string of the molecule is O=C(O)c1ccc(NC(=O)[C@@H](Cc2cnc[nH]2)N2C(=O)/C(=C/c3cc(-c4ccc(F)c(F)c4)cs3)SC2=S)cc1. The molecule has 4 aromatic rings. The maximum Gasteiger partial charge on any atom is 0.335 e. The molecule has 0 spiro atoms. The van der Waals surface area contributed by atoms with Crippen LogP contribution in [0, 0.1) is 11.6 Å². The van der Waals surface area contributed by atoms with Gasteiger partial charge in [0.1, 0.15) is 10.4 Å². The van der Waals surface area contributed by atoms with Gasteiger partial charge in [-0.15, -0.1) is 11.3 Å². The molecule has 0 unspecified atom stereocenters. The van der Waals surface area contributed by atoms with Gasteiger partial charge in [0.05, 0.1) is 16.8 Å². The molecule has 0 saturated carbocycles. The monoisotopic (exact) mass is 596 g/mol. The van der Waals surface area contributed by atoms with Crippen molar-refractivity contribution in [1.82, 2.24) is 14.9 Å². The fraction of sp³-hybridized carbons (Fsp3) is 0.0741. The third kappa shape index (κ3) is 5.86. The Morgan fingerprint density at radius 1 is 1.12 bits per heavy atom. The number of rotatable bonds is 8. The predicted molar refractivity (Wildman–Crippen MR) is 153 cm³/mol. The summed E-state index contributed by atoms with van der Waals surface area (Å²) in [6.07, 6.45) is 4.74. The van der Waals surface area contributed by atoms with Crippen molar-refractivity contribution >= 4 is 69.2 Å². The van der Waals surface area contributed by atoms with Crippen LogP contribution in [0.25, 0.3) is 17.2 Å². The molecular formula is C27H18F2N4O4S3. The molecule has 5 rings (SSSR count). The number of carboxylic acid groups (broad SMARTS) is 1. The molecule has 13 heteroatoms. The Bertz CT molecular complexity index is 1650. The minimum atomic E-state index is -1.10. The number of H-pyrrole nitrogens is 1. The smallest absolute Gasteiger partial charge is 0.335 e. The van der Waals surface area contributed by atoms with Crippen LogP contribution in [0.1, 0.15) is 20.9 Å². The number of aromatic carboxylic acids is 1. The highest BCUT2D eigenvalue weighted by Gasteiger charge is 2.40. The van der Waals surface area contributed by atoms with E-state index in [0.29, 0.717) is 32.3 Å². The van der Waals surface area contributed by atoms with Crippen LogP contribution >= 0.6 is 35.3 Å². The zero-order valence-electron chi connectivity index (χ0n) is 20.3. The summed E-state index contributed by atoms with van der Waals surface area (Å²) in [6.45, 7) is 0. The van der Waals surface area contributed by atoms with E-state index in [0.717, 1.165) is 23.9 Å². The molecule has 1 saturated heterocycles. The molecule has 2 aromatic carbocycles. The van der Waals surface area contributed by atoms with Gasteiger partial charge < -0.3 is 15.4 Å². The van der Waals surface area contributed by atoms with Crippen molar-refractivity contribution < 1.29 is 28.3 Å². The average Bonchev–Trinajstić information content (AvgIpc) is 3.67. The summed E-state index contributed by atoms with van der Waals surface area (Å²) in [5.41, 5.74) is 2.18. The number of aromatic amines is 1. The van der Waals surface area contributed by atoms with Gasteiger partial charge in [-0.1, -0.05) is 30.0 Å². The Labute approximate surface area is 239 Å². The largest absolute Gasteiger partial charge is 0.478 e. The highest BCUT2D eigenvalue weighted by Crippen LogP contribution is 2.37. The van der Waals surface area contributed by atoms with E-state index in [1.807, 2.05) is 0 Å². The number of carbonyl (C=O) groups is 3. The van der Waals surface area contributed by atoms with Gasteiger partial charge in [-0.05, 0) is 65.0 Å². The Kier molecular flexibility index (Phi) is 7.87. The van der Waals surface area contributed by atoms with Gasteiger partial charge in [-0.3, -0.25) is 14.5 Å². The molecule has 0 radical (unpaired) electrons. The Balaban J connectivity index is 1.39. The highest BCUT2D eigenvalue weighted by atomic mass is 32.2. The van der Waals surface area contributed by atoms with Gasteiger partial charge in [0.15, 0.2) is 11.6 Å². The first kappa shape index (κ1) is 27.4. The molecular weight excluding hydrogens is 579 g/mol. The summed E-state index contributed by atoms with van der Waals surface area (Å²) in [5, 5.41) is 13.6. The number of halogens is 2. The third-order valence-electron chi connectivity index (χ3n) is 5.95. The molecule has 3 heterocycles. The molecule has 1 atom stereocenters. The van der Waals surface area contributed by atoms with Crippen molar-refractivity contribution in [3.05, 3.63) is 99.1 Å². The fourth-order valence-corrected chi connectivity index (χ4v) is 6.23. The number of thioether (sulfide) groups is 1. The Hall–Kier alpha value is -4.20. The number of thiocarbonyl (C=S) groups is 1. The minimum Gasteiger partial charge on any atom is -0.478 e. The van der Waals surface area contributed by atoms with Crippen LogP contribution in [0.15, 0.2) is 71.3 Å². The lowest BCUT2D eigenvalue weighted by Gasteiger charge is -2.25. The van der Waals surface area contributed by atoms with Crippen LogP contribution in [0.4, 0.5) is 14.5 Å². The van der Waals surface area contributed by atoms with E-state index in [9.17, 15) is 23.2 Å². The zero-order valence-corrected chi connectivity index (χ0v) is 22.7. The maximum absolute atomic E-state index is 13.7. The molecule has 0 aliphatic carbocycles. The number of nitrogens with one attached hydrogen (secondary N) is 2. The topological polar surface area (TPSA) is 115 Å². The molecule has 2 aromatic heterocycles. The lowest BCUT2D eigenvalue weighted by molar-refractivity contribution is -0.130. The number of hydrogen-bond donors (Lipinski definition) is 3. The van der Waals surface area contributed by atoms with Gasteiger partial charge in [0, 0.05) is 28.9 Å². The first-order valence-corrected chi connectivity index (χ1v) is 13.7. The second kappa shape index (κ2) is 11.5. The third-order valence-corrected chi connectivity index (χ3v) is 8.16. The highest BCUT2D eigenvalue weighted by molar-refractivity contribution is 8.26. The summed E-state index contributed by atoms with van der Waals surface area (Å²) in [5.74, 6) is -3.97. The van der Waals surface area contributed by atoms with E-state index in [1.54, 1.807) is 23.7 Å². The summed E-state index contributed by atoms with van der Waals surface area (Å²) < 4.78 is 27.2. The number of anilines is 1. The molecule has 2 amide bonds. The number of imidazole rings is 1. The molecule has 1 aliphatic heterocycles. The normalized spacial score (nSPS) is 15.1. The lowest BCUT2D eigenvalue weighted by atomic mass is 10.1. The van der Waals surface area contributed by atoms with Gasteiger partial charge in [0.25, 0.3) is 5.91 Å². The van der Waals surface area contributed by atoms with Crippen LogP contribution in [-0.4, -0.2) is 48.1 Å². The number of thiophene rings is 1. The van der Waals surface area contributed by atoms with E-state index in [1.165, 1.54) is 52.9 Å². The van der Waals surface area contributed by atoms with Crippen molar-refractivity contribution in [2.45, 2.75) is 12.5 Å². The number of nitrogens with zero attached hydrogens (tertiary/aromatic N) is 2. The molecule has 1 aliphatic rings. The minimum absolute atomic E-state index is 0.0652. The van der Waals surface area contributed by atoms with E-state index < -0.39 is 35.5 Å². The van der Waals surface area contributed by atoms with Crippen LogP contribution in [0.3, 0.4) is 0 Å². The summed E-state index contributed by atoms with van der Waals surface area (Å²) in [7, 11) is 0. The number of aromatic nitrogens is 2. The van der Waals surface area contributed by atoms with Crippen LogP contribution in [-0.2, 0) is 16.0 Å². The molecule has 1 fully saturated rings. The molecule has 202 valence electrons. The van der Waals surface area contributed by atoms with E-state index in [2.05, 4.69) is 15.3 Å². The zero-order chi connectivity index (χ0) is 28.4. The quantitative estimate of drug-likeness (QED) is 0.180. The van der Waals surface area contributed by atoms with Crippen molar-refractivity contribution in [3.63, 3.8) is 0 Å². The number of hydrogen-bond acceptors (Lipinski definition) is 7. The first-order chi connectivity index (χ1) is 19.2. The molecule has 40 heavy (non-hydrogen) atoms. The van der Waals surface area contributed by atoms with Gasteiger partial charge in [-0.2, -0.15) is 0 Å². The van der Waals surface area contributed by atoms with Crippen molar-refractivity contribution in [2.24, 2.45) is 0 Å². The van der Waals surface area contributed by atoms with Crippen LogP contribution in [0.5, 0.6) is 0 Å². The van der Waals surface area contributed by atoms with Crippen LogP contribution in [0.2, 0.25) is 0 Å². The number of carbonyl (C=O) groups excluding carboxylic acids is 2. The van der Waals surface area contributed by atoms with Gasteiger partial charge in [0.2, 0.25) is 5.91 Å². The summed E-state index contributed by atoms with van der Waals surface area (Å²) in [6, 6.07) is 9.99. The van der Waals surface area contributed by atoms with Crippen molar-refractivity contribution in [3.8, 4) is 11.1 Å². The number of carboxylic acids is 1. The van der Waals surface area contributed by atoms with Gasteiger partial charge in [-0.25, -0.2) is 18.6 Å². The average molecular weight is 597 g/mol. The number of amides is 2. The summed E-state index contributed by atoms with van der Waals surface area (Å²) in [4.78, 5) is 47.2. The second-order valence-corrected chi connectivity index (χ2v) is 11.2. The summed E-state index contributed by atoms with van der Waals surface area (Å²) >= 11 is 7.87. The number of benzene rings is 2. The lowest BCUT2D eigenvalue weighted by Crippen LogP contribution is -2.47. The molecule has 3 N–H and O–H groups in total. The van der Waals surface area contributed by atoms with Crippen LogP contribution < -0.4 is 5.32 Å². The predicted octanol–water partition coefficient (Wildman–Crippen LogP) is 5.57. The second-order valence-electron chi connectivity index (χ2n) is 8.59. The maximum atomic E-state index is 13.7. The Morgan fingerprint density at radius 2 is 1.90 bits per heavy atom.